The molecule has 3 N–H and O–H groups in total. The Bertz CT molecular complexity index is 149. The normalized spacial score (nSPS) is 10.9. The number of aliphatic carboxylic acids is 1. The summed E-state index contributed by atoms with van der Waals surface area (Å²) in [4.78, 5) is 9.98. The number of carbonyl (C=O) groups is 1. The highest BCUT2D eigenvalue weighted by molar-refractivity contribution is 5.85. The number of nitrogens with two attached hydrogens (primary N) is 1. The van der Waals surface area contributed by atoms with Gasteiger partial charge in [0.15, 0.2) is 0 Å². The van der Waals surface area contributed by atoms with Crippen molar-refractivity contribution in [1.82, 2.24) is 0 Å². The number of allylic oxidation sites excluding steroid dienone is 2. The van der Waals surface area contributed by atoms with Crippen LogP contribution in [0.5, 0.6) is 0 Å². The quantitative estimate of drug-likeness (QED) is 0.428. The Hall–Kier alpha value is -1.25. The minimum absolute atomic E-state index is 0.130. The summed E-state index contributed by atoms with van der Waals surface area (Å²) in [5, 5.41) is 8.18. The predicted molar refractivity (Wildman–Crippen MR) is 34.7 cm³/mol. The second-order valence-electron chi connectivity index (χ2n) is 1.49. The zero-order valence-electron chi connectivity index (χ0n) is 5.00. The van der Waals surface area contributed by atoms with Gasteiger partial charge in [0.1, 0.15) is 5.70 Å². The lowest BCUT2D eigenvalue weighted by Gasteiger charge is -1.88. The van der Waals surface area contributed by atoms with Crippen molar-refractivity contribution < 1.29 is 9.90 Å². The molecule has 0 saturated heterocycles. The first-order chi connectivity index (χ1) is 4.18. The molecule has 0 atom stereocenters. The van der Waals surface area contributed by atoms with Crippen LogP contribution >= 0.6 is 0 Å². The van der Waals surface area contributed by atoms with Crippen LogP contribution < -0.4 is 5.73 Å². The largest absolute Gasteiger partial charge is 0.477 e. The molecule has 0 aromatic carbocycles. The molecular formula is C6H9NO2. The summed E-state index contributed by atoms with van der Waals surface area (Å²) < 4.78 is 0. The fraction of sp³-hybridized carbons (Fsp3) is 0.167. The van der Waals surface area contributed by atoms with Crippen molar-refractivity contribution in [1.29, 1.82) is 0 Å². The van der Waals surface area contributed by atoms with Crippen molar-refractivity contribution >= 4 is 5.97 Å². The summed E-state index contributed by atoms with van der Waals surface area (Å²) in [7, 11) is 0. The molecule has 0 amide bonds. The summed E-state index contributed by atoms with van der Waals surface area (Å²) in [5.41, 5.74) is 4.89. The van der Waals surface area contributed by atoms with Gasteiger partial charge >= 0.3 is 5.97 Å². The zero-order valence-corrected chi connectivity index (χ0v) is 5.00. The lowest BCUT2D eigenvalue weighted by atomic mass is 10.3. The second kappa shape index (κ2) is 3.72. The molecule has 0 aromatic rings. The average molecular weight is 127 g/mol. The fourth-order valence-electron chi connectivity index (χ4n) is 0.298. The van der Waals surface area contributed by atoms with E-state index >= 15 is 0 Å². The first kappa shape index (κ1) is 7.75. The molecule has 0 aliphatic carbocycles. The molecule has 0 radical (unpaired) electrons. The van der Waals surface area contributed by atoms with Crippen molar-refractivity contribution in [3.8, 4) is 0 Å². The van der Waals surface area contributed by atoms with Crippen molar-refractivity contribution in [2.24, 2.45) is 5.73 Å². The second-order valence-corrected chi connectivity index (χ2v) is 1.49. The average Bonchev–Trinajstić information content (AvgIpc) is 1.82. The lowest BCUT2D eigenvalue weighted by molar-refractivity contribution is -0.132. The van der Waals surface area contributed by atoms with Crippen LogP contribution in [0.3, 0.4) is 0 Å². The van der Waals surface area contributed by atoms with E-state index in [0.717, 1.165) is 0 Å². The molecule has 50 valence electrons. The Morgan fingerprint density at radius 3 is 2.67 bits per heavy atom. The van der Waals surface area contributed by atoms with Crippen molar-refractivity contribution in [2.45, 2.75) is 6.42 Å². The number of hydrogen-bond acceptors (Lipinski definition) is 2. The Morgan fingerprint density at radius 1 is 1.78 bits per heavy atom. The van der Waals surface area contributed by atoms with Gasteiger partial charge in [-0.15, -0.1) is 6.58 Å². The van der Waals surface area contributed by atoms with Gasteiger partial charge in [0.2, 0.25) is 0 Å². The zero-order chi connectivity index (χ0) is 7.28. The van der Waals surface area contributed by atoms with Crippen molar-refractivity contribution in [3.63, 3.8) is 0 Å². The maximum Gasteiger partial charge on any atom is 0.351 e. The van der Waals surface area contributed by atoms with Crippen LogP contribution in [0, 0.1) is 0 Å². The van der Waals surface area contributed by atoms with Gasteiger partial charge in [-0.1, -0.05) is 12.2 Å². The van der Waals surface area contributed by atoms with E-state index < -0.39 is 5.97 Å². The molecule has 0 aromatic heterocycles. The SMILES string of the molecule is C=CCC=C(N)C(=O)O. The molecule has 0 heterocycles. The third-order valence-electron chi connectivity index (χ3n) is 0.751. The Balaban J connectivity index is 3.83. The van der Waals surface area contributed by atoms with E-state index in [4.69, 9.17) is 10.8 Å². The Morgan fingerprint density at radius 2 is 2.33 bits per heavy atom. The number of rotatable bonds is 3. The van der Waals surface area contributed by atoms with Crippen LogP contribution in [0.25, 0.3) is 0 Å². The van der Waals surface area contributed by atoms with E-state index in [-0.39, 0.29) is 5.70 Å². The third kappa shape index (κ3) is 3.34. The highest BCUT2D eigenvalue weighted by Gasteiger charge is 1.96. The minimum Gasteiger partial charge on any atom is -0.477 e. The topological polar surface area (TPSA) is 63.3 Å². The van der Waals surface area contributed by atoms with Crippen LogP contribution in [0.2, 0.25) is 0 Å². The van der Waals surface area contributed by atoms with Crippen LogP contribution in [0.15, 0.2) is 24.4 Å². The van der Waals surface area contributed by atoms with E-state index in [0.29, 0.717) is 6.42 Å². The third-order valence-corrected chi connectivity index (χ3v) is 0.751. The van der Waals surface area contributed by atoms with Crippen LogP contribution in [-0.4, -0.2) is 11.1 Å². The highest BCUT2D eigenvalue weighted by Crippen LogP contribution is 1.88. The van der Waals surface area contributed by atoms with E-state index in [1.807, 2.05) is 0 Å². The minimum atomic E-state index is -1.09. The molecule has 0 aliphatic rings. The Labute approximate surface area is 53.5 Å². The summed E-state index contributed by atoms with van der Waals surface area (Å²) in [6.45, 7) is 3.40. The van der Waals surface area contributed by atoms with E-state index in [2.05, 4.69) is 6.58 Å². The smallest absolute Gasteiger partial charge is 0.351 e. The van der Waals surface area contributed by atoms with Gasteiger partial charge in [0.05, 0.1) is 0 Å². The molecule has 0 unspecified atom stereocenters. The van der Waals surface area contributed by atoms with Gasteiger partial charge in [-0.25, -0.2) is 4.79 Å². The first-order valence-corrected chi connectivity index (χ1v) is 2.48. The summed E-state index contributed by atoms with van der Waals surface area (Å²) in [6, 6.07) is 0. The molecule has 0 saturated carbocycles. The molecular weight excluding hydrogens is 118 g/mol. The Kier molecular flexibility index (Phi) is 3.20. The van der Waals surface area contributed by atoms with Crippen LogP contribution in [-0.2, 0) is 4.79 Å². The van der Waals surface area contributed by atoms with E-state index in [9.17, 15) is 4.79 Å². The maximum atomic E-state index is 9.98. The van der Waals surface area contributed by atoms with Crippen molar-refractivity contribution in [3.05, 3.63) is 24.4 Å². The summed E-state index contributed by atoms with van der Waals surface area (Å²) in [6.07, 6.45) is 3.48. The van der Waals surface area contributed by atoms with Gasteiger partial charge in [-0.2, -0.15) is 0 Å². The molecule has 0 aliphatic heterocycles. The molecule has 3 nitrogen and oxygen atoms in total. The van der Waals surface area contributed by atoms with E-state index in [1.54, 1.807) is 6.08 Å². The highest BCUT2D eigenvalue weighted by atomic mass is 16.4. The maximum absolute atomic E-state index is 9.98. The number of hydrogen-bond donors (Lipinski definition) is 2. The van der Waals surface area contributed by atoms with Crippen LogP contribution in [0.1, 0.15) is 6.42 Å². The van der Waals surface area contributed by atoms with Gasteiger partial charge in [-0.05, 0) is 6.42 Å². The van der Waals surface area contributed by atoms with Gasteiger partial charge in [0.25, 0.3) is 0 Å². The molecule has 0 spiro atoms. The van der Waals surface area contributed by atoms with E-state index in [1.165, 1.54) is 6.08 Å². The van der Waals surface area contributed by atoms with Gasteiger partial charge < -0.3 is 10.8 Å². The fourth-order valence-corrected chi connectivity index (χ4v) is 0.298. The molecule has 0 fully saturated rings. The predicted octanol–water partition coefficient (Wildman–Crippen LogP) is 0.490. The first-order valence-electron chi connectivity index (χ1n) is 2.48. The molecule has 9 heavy (non-hydrogen) atoms. The molecule has 3 heteroatoms. The summed E-state index contributed by atoms with van der Waals surface area (Å²) >= 11 is 0. The summed E-state index contributed by atoms with van der Waals surface area (Å²) in [5.74, 6) is -1.09. The number of carboxylic acids is 1. The van der Waals surface area contributed by atoms with Crippen LogP contribution in [0.4, 0.5) is 0 Å². The monoisotopic (exact) mass is 127 g/mol. The lowest BCUT2D eigenvalue weighted by Crippen LogP contribution is -2.09. The van der Waals surface area contributed by atoms with Gasteiger partial charge in [-0.3, -0.25) is 0 Å². The molecule has 0 bridgehead atoms. The number of carboxylic acid groups (broad SMARTS) is 1. The van der Waals surface area contributed by atoms with Crippen molar-refractivity contribution in [2.75, 3.05) is 0 Å². The molecule has 0 rings (SSSR count). The standard InChI is InChI=1S/C6H9NO2/c1-2-3-4-5(7)6(8)9/h2,4H,1,3,7H2,(H,8,9). The van der Waals surface area contributed by atoms with Gasteiger partial charge in [0, 0.05) is 0 Å².